The van der Waals surface area contributed by atoms with Crippen LogP contribution in [0.3, 0.4) is 0 Å². The second kappa shape index (κ2) is 12.7. The van der Waals surface area contributed by atoms with Gasteiger partial charge in [-0.1, -0.05) is 175 Å². The summed E-state index contributed by atoms with van der Waals surface area (Å²) in [6.07, 6.45) is 0. The molecule has 63 heavy (non-hydrogen) atoms. The van der Waals surface area contributed by atoms with Gasteiger partial charge < -0.3 is 9.13 Å². The molecule has 9 aromatic carbocycles. The maximum atomic E-state index is 2.67. The van der Waals surface area contributed by atoms with Crippen LogP contribution < -0.4 is 16.4 Å². The van der Waals surface area contributed by atoms with Gasteiger partial charge in [0.2, 0.25) is 0 Å². The Balaban J connectivity index is 1.29. The largest absolute Gasteiger partial charge is 0.310 e. The number of aromatic nitrogens is 2. The summed E-state index contributed by atoms with van der Waals surface area (Å²) in [6.45, 7) is 14.1. The van der Waals surface area contributed by atoms with Crippen LogP contribution in [0, 0.1) is 0 Å². The molecular formula is C60H47BN2. The first kappa shape index (κ1) is 36.5. The Labute approximate surface area is 369 Å². The molecule has 0 saturated carbocycles. The Morgan fingerprint density at radius 3 is 1.75 bits per heavy atom. The third kappa shape index (κ3) is 5.14. The molecular weight excluding hydrogens is 759 g/mol. The molecule has 300 valence electrons. The van der Waals surface area contributed by atoms with Crippen molar-refractivity contribution in [2.75, 3.05) is 0 Å². The van der Waals surface area contributed by atoms with E-state index in [1.54, 1.807) is 0 Å². The number of benzene rings is 9. The highest BCUT2D eigenvalue weighted by Gasteiger charge is 2.44. The monoisotopic (exact) mass is 806 g/mol. The molecule has 0 unspecified atom stereocenters. The third-order valence-electron chi connectivity index (χ3n) is 14.3. The summed E-state index contributed by atoms with van der Waals surface area (Å²) in [5.41, 5.74) is 20.6. The van der Waals surface area contributed by atoms with Crippen molar-refractivity contribution in [1.82, 2.24) is 9.13 Å². The number of rotatable bonds is 3. The van der Waals surface area contributed by atoms with E-state index in [0.717, 1.165) is 0 Å². The summed E-state index contributed by atoms with van der Waals surface area (Å²) in [5, 5.41) is 9.05. The lowest BCUT2D eigenvalue weighted by Crippen LogP contribution is -2.60. The first-order valence-electron chi connectivity index (χ1n) is 22.5. The van der Waals surface area contributed by atoms with E-state index in [9.17, 15) is 0 Å². The number of hydrogen-bond acceptors (Lipinski definition) is 0. The summed E-state index contributed by atoms with van der Waals surface area (Å²) in [4.78, 5) is 0. The van der Waals surface area contributed by atoms with Crippen LogP contribution in [0.1, 0.15) is 52.7 Å². The second-order valence-corrected chi connectivity index (χ2v) is 20.2. The lowest BCUT2D eigenvalue weighted by atomic mass is 9.33. The van der Waals surface area contributed by atoms with Gasteiger partial charge in [-0.25, -0.2) is 0 Å². The van der Waals surface area contributed by atoms with Gasteiger partial charge >= 0.3 is 0 Å². The molecule has 0 aliphatic carbocycles. The minimum absolute atomic E-state index is 0.00685. The molecule has 13 rings (SSSR count). The molecule has 0 amide bonds. The van der Waals surface area contributed by atoms with Gasteiger partial charge in [0, 0.05) is 38.6 Å². The Morgan fingerprint density at radius 1 is 0.381 bits per heavy atom. The molecule has 2 aliphatic heterocycles. The molecule has 2 aliphatic rings. The third-order valence-corrected chi connectivity index (χ3v) is 14.3. The quantitative estimate of drug-likeness (QED) is 0.157. The zero-order valence-electron chi connectivity index (χ0n) is 36.7. The maximum Gasteiger partial charge on any atom is 0.253 e. The first-order chi connectivity index (χ1) is 30.5. The summed E-state index contributed by atoms with van der Waals surface area (Å²) in [5.74, 6) is 0. The molecule has 3 heteroatoms. The van der Waals surface area contributed by atoms with E-state index in [2.05, 4.69) is 227 Å². The predicted molar refractivity (Wildman–Crippen MR) is 271 cm³/mol. The van der Waals surface area contributed by atoms with Gasteiger partial charge in [0.15, 0.2) is 0 Å². The smallest absolute Gasteiger partial charge is 0.253 e. The summed E-state index contributed by atoms with van der Waals surface area (Å²) >= 11 is 0. The van der Waals surface area contributed by atoms with Crippen molar-refractivity contribution in [1.29, 1.82) is 0 Å². The van der Waals surface area contributed by atoms with Crippen molar-refractivity contribution in [3.8, 4) is 44.9 Å². The van der Waals surface area contributed by atoms with Crippen molar-refractivity contribution in [2.24, 2.45) is 0 Å². The summed E-state index contributed by atoms with van der Waals surface area (Å²) < 4.78 is 5.32. The fraction of sp³-hybridized carbons (Fsp3) is 0.133. The fourth-order valence-electron chi connectivity index (χ4n) is 11.3. The molecule has 0 bridgehead atoms. The molecule has 0 atom stereocenters. The van der Waals surface area contributed by atoms with Crippen LogP contribution in [0.15, 0.2) is 176 Å². The summed E-state index contributed by atoms with van der Waals surface area (Å²) in [7, 11) is 0. The highest BCUT2D eigenvalue weighted by atomic mass is 15.0. The Morgan fingerprint density at radius 2 is 1.02 bits per heavy atom. The molecule has 0 N–H and O–H groups in total. The van der Waals surface area contributed by atoms with E-state index in [4.69, 9.17) is 0 Å². The van der Waals surface area contributed by atoms with Gasteiger partial charge in [0.1, 0.15) is 0 Å². The lowest BCUT2D eigenvalue weighted by Gasteiger charge is -2.36. The number of hydrogen-bond donors (Lipinski definition) is 0. The van der Waals surface area contributed by atoms with E-state index in [1.165, 1.54) is 127 Å². The average molecular weight is 807 g/mol. The molecule has 4 heterocycles. The van der Waals surface area contributed by atoms with Crippen molar-refractivity contribution < 1.29 is 0 Å². The van der Waals surface area contributed by atoms with E-state index in [-0.39, 0.29) is 17.5 Å². The van der Waals surface area contributed by atoms with Gasteiger partial charge in [-0.2, -0.15) is 0 Å². The zero-order chi connectivity index (χ0) is 42.5. The Kier molecular flexibility index (Phi) is 7.39. The molecule has 0 fully saturated rings. The molecule has 2 aromatic heterocycles. The van der Waals surface area contributed by atoms with E-state index < -0.39 is 0 Å². The Hall–Kier alpha value is -7.10. The van der Waals surface area contributed by atoms with E-state index in [1.807, 2.05) is 0 Å². The number of fused-ring (bicyclic) bond motifs is 10. The first-order valence-corrected chi connectivity index (χ1v) is 22.5. The van der Waals surface area contributed by atoms with E-state index >= 15 is 0 Å². The van der Waals surface area contributed by atoms with Crippen molar-refractivity contribution in [3.05, 3.63) is 187 Å². The highest BCUT2D eigenvalue weighted by molar-refractivity contribution is 7.01. The predicted octanol–water partition coefficient (Wildman–Crippen LogP) is 13.8. The van der Waals surface area contributed by atoms with Crippen LogP contribution >= 0.6 is 0 Å². The lowest BCUT2D eigenvalue weighted by molar-refractivity contribution is 0.590. The van der Waals surface area contributed by atoms with Crippen molar-refractivity contribution in [3.63, 3.8) is 0 Å². The molecule has 0 radical (unpaired) electrons. The van der Waals surface area contributed by atoms with Gasteiger partial charge in [0.05, 0.1) is 16.7 Å². The average Bonchev–Trinajstić information content (AvgIpc) is 3.82. The molecule has 11 aromatic rings. The van der Waals surface area contributed by atoms with Crippen molar-refractivity contribution >= 4 is 77.4 Å². The molecule has 0 saturated heterocycles. The molecule has 2 nitrogen and oxygen atoms in total. The minimum Gasteiger partial charge on any atom is -0.310 e. The summed E-state index contributed by atoms with van der Waals surface area (Å²) in [6, 6.07) is 67.0. The Bertz CT molecular complexity index is 3740. The second-order valence-electron chi connectivity index (χ2n) is 20.2. The van der Waals surface area contributed by atoms with E-state index in [0.29, 0.717) is 0 Å². The van der Waals surface area contributed by atoms with Gasteiger partial charge in [-0.3, -0.25) is 0 Å². The minimum atomic E-state index is -0.0618. The highest BCUT2D eigenvalue weighted by Crippen LogP contribution is 2.48. The van der Waals surface area contributed by atoms with Crippen LogP contribution in [0.4, 0.5) is 0 Å². The van der Waals surface area contributed by atoms with Gasteiger partial charge in [0.25, 0.3) is 6.71 Å². The van der Waals surface area contributed by atoms with Crippen LogP contribution in [0.2, 0.25) is 0 Å². The van der Waals surface area contributed by atoms with Crippen molar-refractivity contribution in [2.45, 2.75) is 52.4 Å². The van der Waals surface area contributed by atoms with Crippen LogP contribution in [-0.2, 0) is 10.8 Å². The van der Waals surface area contributed by atoms with Crippen LogP contribution in [0.5, 0.6) is 0 Å². The zero-order valence-corrected chi connectivity index (χ0v) is 36.7. The van der Waals surface area contributed by atoms with Gasteiger partial charge in [-0.15, -0.1) is 0 Å². The van der Waals surface area contributed by atoms with Crippen LogP contribution in [-0.4, -0.2) is 15.8 Å². The normalized spacial score (nSPS) is 13.2. The van der Waals surface area contributed by atoms with Crippen LogP contribution in [0.25, 0.3) is 99.1 Å². The maximum absolute atomic E-state index is 2.67. The molecule has 0 spiro atoms. The fourth-order valence-corrected chi connectivity index (χ4v) is 11.3. The SMILES string of the molecule is CC(C)(C)c1ccc2c(c1)c1cc(C(C)(C)C)cc3c1n2-c1cc(-c2ccc4ccccc4c2)cc2c1B3c1c3ccccc3cc3c(-c4ccccc4)c(-c4ccccc4)n-2c13. The topological polar surface area (TPSA) is 9.86 Å². The standard InChI is InChI=1S/C60H47BN2/c1-59(2,3)43-27-28-50-46(33-43)47-34-44(60(4,5)6)35-49-57(47)62(50)51-31-42(40-26-25-36-17-13-14-22-39(36)29-40)32-52-55(51)61(49)54-45-24-16-15-23-41(45)30-48-53(37-18-9-7-10-19-37)56(63(52)58(48)54)38-20-11-8-12-21-38/h7-35H,1-6H3. The van der Waals surface area contributed by atoms with Gasteiger partial charge in [-0.05, 0) is 125 Å². The number of nitrogens with zero attached hydrogens (tertiary/aromatic N) is 2.